The van der Waals surface area contributed by atoms with E-state index < -0.39 is 11.7 Å². The largest absolute Gasteiger partial charge is 0.450 e. The molecule has 0 aliphatic carbocycles. The molecule has 1 aromatic rings. The first-order chi connectivity index (χ1) is 10.4. The van der Waals surface area contributed by atoms with Gasteiger partial charge in [0.05, 0.1) is 12.2 Å². The zero-order valence-corrected chi connectivity index (χ0v) is 12.3. The average Bonchev–Trinajstić information content (AvgIpc) is 2.48. The van der Waals surface area contributed by atoms with Gasteiger partial charge in [0.15, 0.2) is 0 Å². The number of rotatable bonds is 3. The van der Waals surface area contributed by atoms with E-state index in [-0.39, 0.29) is 12.1 Å². The van der Waals surface area contributed by atoms with Crippen LogP contribution < -0.4 is 5.32 Å². The second-order valence-electron chi connectivity index (χ2n) is 5.18. The van der Waals surface area contributed by atoms with Crippen LogP contribution in [0.15, 0.2) is 24.3 Å². The Morgan fingerprint density at radius 2 is 2.05 bits per heavy atom. The van der Waals surface area contributed by atoms with Crippen LogP contribution in [0.5, 0.6) is 0 Å². The van der Waals surface area contributed by atoms with Crippen molar-refractivity contribution in [3.63, 3.8) is 0 Å². The molecule has 1 amide bonds. The molecule has 1 aliphatic rings. The summed E-state index contributed by atoms with van der Waals surface area (Å²) in [5.41, 5.74) is -0.217. The monoisotopic (exact) mass is 316 g/mol. The number of piperidine rings is 1. The van der Waals surface area contributed by atoms with Crippen LogP contribution in [0.25, 0.3) is 0 Å². The molecule has 1 fully saturated rings. The van der Waals surface area contributed by atoms with E-state index in [9.17, 15) is 18.0 Å². The van der Waals surface area contributed by atoms with Gasteiger partial charge in [0.1, 0.15) is 0 Å². The van der Waals surface area contributed by atoms with Crippen molar-refractivity contribution in [2.75, 3.05) is 25.0 Å². The molecule has 22 heavy (non-hydrogen) atoms. The van der Waals surface area contributed by atoms with Gasteiger partial charge in [-0.2, -0.15) is 13.2 Å². The third-order valence-electron chi connectivity index (χ3n) is 3.58. The van der Waals surface area contributed by atoms with E-state index in [0.717, 1.165) is 12.1 Å². The summed E-state index contributed by atoms with van der Waals surface area (Å²) in [5.74, 6) is 0. The number of halogens is 3. The quantitative estimate of drug-likeness (QED) is 0.923. The molecule has 0 unspecified atom stereocenters. The predicted molar refractivity (Wildman–Crippen MR) is 76.7 cm³/mol. The number of alkyl halides is 3. The maximum absolute atomic E-state index is 12.7. The summed E-state index contributed by atoms with van der Waals surface area (Å²) < 4.78 is 42.9. The van der Waals surface area contributed by atoms with E-state index in [2.05, 4.69) is 5.32 Å². The highest BCUT2D eigenvalue weighted by Gasteiger charge is 2.30. The van der Waals surface area contributed by atoms with Crippen LogP contribution in [-0.2, 0) is 10.9 Å². The molecule has 1 heterocycles. The number of hydrogen-bond donors (Lipinski definition) is 1. The Kier molecular flexibility index (Phi) is 5.15. The van der Waals surface area contributed by atoms with Crippen LogP contribution in [0.1, 0.15) is 25.3 Å². The molecular weight excluding hydrogens is 297 g/mol. The molecule has 0 saturated carbocycles. The van der Waals surface area contributed by atoms with Crippen molar-refractivity contribution in [2.45, 2.75) is 32.0 Å². The van der Waals surface area contributed by atoms with E-state index in [1.165, 1.54) is 6.07 Å². The molecule has 0 radical (unpaired) electrons. The zero-order chi connectivity index (χ0) is 16.2. The average molecular weight is 316 g/mol. The smallest absolute Gasteiger partial charge is 0.416 e. The van der Waals surface area contributed by atoms with Crippen LogP contribution in [0.2, 0.25) is 0 Å². The standard InChI is InChI=1S/C15H19F3N2O2/c1-2-22-14(21)20-8-6-12(7-9-20)19-13-5-3-4-11(10-13)15(16,17)18/h3-5,10,12,19H,2,6-9H2,1H3. The first-order valence-electron chi connectivity index (χ1n) is 7.25. The molecular formula is C15H19F3N2O2. The number of likely N-dealkylation sites (tertiary alicyclic amines) is 1. The number of hydrogen-bond acceptors (Lipinski definition) is 3. The first kappa shape index (κ1) is 16.5. The minimum absolute atomic E-state index is 0.0501. The van der Waals surface area contributed by atoms with Crippen molar-refractivity contribution in [1.29, 1.82) is 0 Å². The van der Waals surface area contributed by atoms with Crippen LogP contribution in [-0.4, -0.2) is 36.7 Å². The summed E-state index contributed by atoms with van der Waals surface area (Å²) in [7, 11) is 0. The Hall–Kier alpha value is -1.92. The summed E-state index contributed by atoms with van der Waals surface area (Å²) in [4.78, 5) is 13.2. The molecule has 0 bridgehead atoms. The lowest BCUT2D eigenvalue weighted by Gasteiger charge is -2.32. The maximum atomic E-state index is 12.7. The Bertz CT molecular complexity index is 512. The molecule has 1 aromatic carbocycles. The van der Waals surface area contributed by atoms with E-state index >= 15 is 0 Å². The van der Waals surface area contributed by atoms with Crippen molar-refractivity contribution in [1.82, 2.24) is 4.90 Å². The molecule has 122 valence electrons. The minimum atomic E-state index is -4.34. The van der Waals surface area contributed by atoms with Crippen LogP contribution in [0, 0.1) is 0 Å². The van der Waals surface area contributed by atoms with E-state index in [0.29, 0.717) is 38.2 Å². The Labute approximate surface area is 127 Å². The van der Waals surface area contributed by atoms with Gasteiger partial charge in [0, 0.05) is 24.8 Å². The number of benzene rings is 1. The van der Waals surface area contributed by atoms with Gasteiger partial charge in [-0.15, -0.1) is 0 Å². The second kappa shape index (κ2) is 6.89. The number of amides is 1. The summed E-state index contributed by atoms with van der Waals surface area (Å²) >= 11 is 0. The van der Waals surface area contributed by atoms with Crippen LogP contribution in [0.3, 0.4) is 0 Å². The number of anilines is 1. The van der Waals surface area contributed by atoms with Gasteiger partial charge in [-0.05, 0) is 38.0 Å². The lowest BCUT2D eigenvalue weighted by Crippen LogP contribution is -2.42. The topological polar surface area (TPSA) is 41.6 Å². The second-order valence-corrected chi connectivity index (χ2v) is 5.18. The Balaban J connectivity index is 1.90. The highest BCUT2D eigenvalue weighted by molar-refractivity contribution is 5.67. The van der Waals surface area contributed by atoms with Crippen molar-refractivity contribution in [2.24, 2.45) is 0 Å². The number of carbonyl (C=O) groups excluding carboxylic acids is 1. The summed E-state index contributed by atoms with van der Waals surface area (Å²) in [6.07, 6.45) is -3.32. The molecule has 0 spiro atoms. The van der Waals surface area contributed by atoms with Crippen molar-refractivity contribution in [3.05, 3.63) is 29.8 Å². The first-order valence-corrected chi connectivity index (χ1v) is 7.25. The van der Waals surface area contributed by atoms with Gasteiger partial charge in [-0.3, -0.25) is 0 Å². The Morgan fingerprint density at radius 3 is 2.64 bits per heavy atom. The summed E-state index contributed by atoms with van der Waals surface area (Å²) in [6.45, 7) is 3.16. The molecule has 1 N–H and O–H groups in total. The fraction of sp³-hybridized carbons (Fsp3) is 0.533. The molecule has 2 rings (SSSR count). The van der Waals surface area contributed by atoms with Gasteiger partial charge >= 0.3 is 12.3 Å². The fourth-order valence-electron chi connectivity index (χ4n) is 2.44. The van der Waals surface area contributed by atoms with Gasteiger partial charge in [0.2, 0.25) is 0 Å². The number of nitrogens with one attached hydrogen (secondary N) is 1. The van der Waals surface area contributed by atoms with Gasteiger partial charge < -0.3 is 15.0 Å². The third-order valence-corrected chi connectivity index (χ3v) is 3.58. The highest BCUT2D eigenvalue weighted by atomic mass is 19.4. The normalized spacial score (nSPS) is 16.5. The number of carbonyl (C=O) groups is 1. The van der Waals surface area contributed by atoms with E-state index in [1.807, 2.05) is 0 Å². The molecule has 0 atom stereocenters. The van der Waals surface area contributed by atoms with Gasteiger partial charge in [-0.25, -0.2) is 4.79 Å². The molecule has 7 heteroatoms. The maximum Gasteiger partial charge on any atom is 0.416 e. The van der Waals surface area contributed by atoms with Gasteiger partial charge in [-0.1, -0.05) is 6.07 Å². The van der Waals surface area contributed by atoms with E-state index in [4.69, 9.17) is 4.74 Å². The lowest BCUT2D eigenvalue weighted by atomic mass is 10.0. The Morgan fingerprint density at radius 1 is 1.36 bits per heavy atom. The lowest BCUT2D eigenvalue weighted by molar-refractivity contribution is -0.137. The predicted octanol–water partition coefficient (Wildman–Crippen LogP) is 3.74. The summed E-state index contributed by atoms with van der Waals surface area (Å²) in [6, 6.07) is 5.21. The highest BCUT2D eigenvalue weighted by Crippen LogP contribution is 2.31. The SMILES string of the molecule is CCOC(=O)N1CCC(Nc2cccc(C(F)(F)F)c2)CC1. The molecule has 1 aliphatic heterocycles. The van der Waals surface area contributed by atoms with Crippen LogP contribution in [0.4, 0.5) is 23.7 Å². The number of ether oxygens (including phenoxy) is 1. The van der Waals surface area contributed by atoms with Crippen molar-refractivity contribution < 1.29 is 22.7 Å². The molecule has 0 aromatic heterocycles. The zero-order valence-electron chi connectivity index (χ0n) is 12.3. The molecule has 1 saturated heterocycles. The van der Waals surface area contributed by atoms with Crippen molar-refractivity contribution in [3.8, 4) is 0 Å². The van der Waals surface area contributed by atoms with Crippen molar-refractivity contribution >= 4 is 11.8 Å². The minimum Gasteiger partial charge on any atom is -0.450 e. The fourth-order valence-corrected chi connectivity index (χ4v) is 2.44. The third kappa shape index (κ3) is 4.29. The number of nitrogens with zero attached hydrogens (tertiary/aromatic N) is 1. The van der Waals surface area contributed by atoms with E-state index in [1.54, 1.807) is 17.9 Å². The summed E-state index contributed by atoms with van der Waals surface area (Å²) in [5, 5.41) is 3.11. The van der Waals surface area contributed by atoms with Crippen LogP contribution >= 0.6 is 0 Å². The molecule has 4 nitrogen and oxygen atoms in total. The van der Waals surface area contributed by atoms with Gasteiger partial charge in [0.25, 0.3) is 0 Å².